The van der Waals surface area contributed by atoms with Gasteiger partial charge in [0.05, 0.1) is 19.6 Å². The molecule has 1 aromatic heterocycles. The molecule has 0 bridgehead atoms. The van der Waals surface area contributed by atoms with E-state index in [1.807, 2.05) is 30.3 Å². The van der Waals surface area contributed by atoms with Gasteiger partial charge in [0.25, 0.3) is 0 Å². The fraction of sp³-hybridized carbons (Fsp3) is 0.235. The molecule has 0 spiro atoms. The molecule has 3 rings (SSSR count). The number of nitrogens with zero attached hydrogens (tertiary/aromatic N) is 3. The zero-order valence-corrected chi connectivity index (χ0v) is 13.1. The molecule has 2 heterocycles. The number of hydrogen-bond acceptors (Lipinski definition) is 5. The number of carbonyl (C=O) groups excluding carboxylic acids is 1. The van der Waals surface area contributed by atoms with E-state index in [9.17, 15) is 4.79 Å². The van der Waals surface area contributed by atoms with E-state index >= 15 is 0 Å². The third-order valence-corrected chi connectivity index (χ3v) is 3.92. The Bertz CT molecular complexity index is 773. The molecule has 1 aromatic carbocycles. The van der Waals surface area contributed by atoms with E-state index in [0.29, 0.717) is 6.42 Å². The van der Waals surface area contributed by atoms with Crippen LogP contribution in [-0.2, 0) is 4.79 Å². The second-order valence-corrected chi connectivity index (χ2v) is 5.40. The summed E-state index contributed by atoms with van der Waals surface area (Å²) < 4.78 is 5.25. The number of guanidine groups is 1. The lowest BCUT2D eigenvalue weighted by Crippen LogP contribution is -2.42. The Morgan fingerprint density at radius 3 is 2.83 bits per heavy atom. The molecule has 6 heteroatoms. The van der Waals surface area contributed by atoms with Crippen molar-refractivity contribution < 1.29 is 9.53 Å². The quantitative estimate of drug-likeness (QED) is 0.940. The third kappa shape index (κ3) is 3.01. The van der Waals surface area contributed by atoms with E-state index in [-0.39, 0.29) is 17.9 Å². The van der Waals surface area contributed by atoms with Crippen LogP contribution >= 0.6 is 0 Å². The fourth-order valence-electron chi connectivity index (χ4n) is 2.51. The number of benzene rings is 1. The molecule has 6 nitrogen and oxygen atoms in total. The lowest BCUT2D eigenvalue weighted by atomic mass is 10.00. The van der Waals surface area contributed by atoms with Gasteiger partial charge >= 0.3 is 0 Å². The third-order valence-electron chi connectivity index (χ3n) is 3.92. The highest BCUT2D eigenvalue weighted by Gasteiger charge is 2.26. The average molecular weight is 310 g/mol. The fourth-order valence-corrected chi connectivity index (χ4v) is 2.51. The summed E-state index contributed by atoms with van der Waals surface area (Å²) in [4.78, 5) is 22.0. The molecule has 0 aliphatic carbocycles. The van der Waals surface area contributed by atoms with Crippen LogP contribution in [0.15, 0.2) is 47.7 Å². The van der Waals surface area contributed by atoms with Crippen molar-refractivity contribution >= 4 is 11.9 Å². The summed E-state index contributed by atoms with van der Waals surface area (Å²) in [5.41, 5.74) is 8.61. The average Bonchev–Trinajstić information content (AvgIpc) is 2.59. The lowest BCUT2D eigenvalue weighted by Gasteiger charge is -2.25. The van der Waals surface area contributed by atoms with Crippen LogP contribution in [0.5, 0.6) is 5.75 Å². The van der Waals surface area contributed by atoms with Gasteiger partial charge in [-0.25, -0.2) is 4.99 Å². The molecule has 0 fully saturated rings. The normalized spacial score (nSPS) is 17.8. The Kier molecular flexibility index (Phi) is 3.97. The first-order chi connectivity index (χ1) is 11.1. The van der Waals surface area contributed by atoms with Crippen molar-refractivity contribution in [1.29, 1.82) is 0 Å². The smallest absolute Gasteiger partial charge is 0.231 e. The predicted molar refractivity (Wildman–Crippen MR) is 88.0 cm³/mol. The number of pyridine rings is 1. The number of ether oxygens (including phenoxy) is 1. The summed E-state index contributed by atoms with van der Waals surface area (Å²) in [7, 11) is 3.26. The Morgan fingerprint density at radius 1 is 1.26 bits per heavy atom. The van der Waals surface area contributed by atoms with Crippen LogP contribution in [0, 0.1) is 0 Å². The molecule has 1 atom stereocenters. The minimum atomic E-state index is -0.295. The first kappa shape index (κ1) is 15.0. The number of nitrogens with two attached hydrogens (primary N) is 1. The van der Waals surface area contributed by atoms with E-state index in [1.165, 1.54) is 4.90 Å². The van der Waals surface area contributed by atoms with Gasteiger partial charge < -0.3 is 10.5 Å². The molecular formula is C17H18N4O2. The highest BCUT2D eigenvalue weighted by molar-refractivity contribution is 5.98. The molecule has 0 saturated heterocycles. The lowest BCUT2D eigenvalue weighted by molar-refractivity contribution is -0.127. The van der Waals surface area contributed by atoms with Gasteiger partial charge in [-0.15, -0.1) is 0 Å². The highest BCUT2D eigenvalue weighted by Crippen LogP contribution is 2.29. The van der Waals surface area contributed by atoms with Gasteiger partial charge in [-0.3, -0.25) is 14.7 Å². The monoisotopic (exact) mass is 310 g/mol. The number of amides is 1. The summed E-state index contributed by atoms with van der Waals surface area (Å²) >= 11 is 0. The maximum absolute atomic E-state index is 12.0. The standard InChI is InChI=1S/C17H18N4O2/c1-21-16(22)8-15(20-17(21)18)13-6-12(9-19-10-13)11-4-3-5-14(7-11)23-2/h3-7,9-10,15H,8H2,1-2H3,(H2,18,20). The van der Waals surface area contributed by atoms with E-state index in [0.717, 1.165) is 22.4 Å². The van der Waals surface area contributed by atoms with Crippen LogP contribution in [-0.4, -0.2) is 35.9 Å². The van der Waals surface area contributed by atoms with Gasteiger partial charge in [0, 0.05) is 25.0 Å². The van der Waals surface area contributed by atoms with Crippen LogP contribution in [0.25, 0.3) is 11.1 Å². The molecule has 0 saturated carbocycles. The number of hydrogen-bond donors (Lipinski definition) is 1. The first-order valence-electron chi connectivity index (χ1n) is 7.27. The second kappa shape index (κ2) is 6.08. The molecule has 23 heavy (non-hydrogen) atoms. The maximum atomic E-state index is 12.0. The Hall–Kier alpha value is -2.89. The molecule has 118 valence electrons. The summed E-state index contributed by atoms with van der Waals surface area (Å²) in [5.74, 6) is 0.969. The predicted octanol–water partition coefficient (Wildman–Crippen LogP) is 1.98. The van der Waals surface area contributed by atoms with E-state index in [1.54, 1.807) is 26.6 Å². The van der Waals surface area contributed by atoms with Crippen molar-refractivity contribution in [2.45, 2.75) is 12.5 Å². The zero-order chi connectivity index (χ0) is 16.4. The van der Waals surface area contributed by atoms with Crippen LogP contribution in [0.4, 0.5) is 0 Å². The number of methoxy groups -OCH3 is 1. The van der Waals surface area contributed by atoms with Gasteiger partial charge in [0.15, 0.2) is 5.96 Å². The number of aliphatic imine (C=N–C) groups is 1. The summed E-state index contributed by atoms with van der Waals surface area (Å²) in [5, 5.41) is 0. The van der Waals surface area contributed by atoms with Gasteiger partial charge in [-0.1, -0.05) is 12.1 Å². The zero-order valence-electron chi connectivity index (χ0n) is 13.1. The summed E-state index contributed by atoms with van der Waals surface area (Å²) in [6.45, 7) is 0. The molecule has 0 radical (unpaired) electrons. The van der Waals surface area contributed by atoms with Crippen molar-refractivity contribution in [3.05, 3.63) is 48.3 Å². The Balaban J connectivity index is 1.95. The largest absolute Gasteiger partial charge is 0.497 e. The van der Waals surface area contributed by atoms with Crippen molar-refractivity contribution in [2.75, 3.05) is 14.2 Å². The molecule has 1 aliphatic heterocycles. The molecule has 2 aromatic rings. The maximum Gasteiger partial charge on any atom is 0.231 e. The minimum Gasteiger partial charge on any atom is -0.497 e. The van der Waals surface area contributed by atoms with Crippen LogP contribution < -0.4 is 10.5 Å². The molecular weight excluding hydrogens is 292 g/mol. The van der Waals surface area contributed by atoms with Gasteiger partial charge in [-0.05, 0) is 29.3 Å². The van der Waals surface area contributed by atoms with E-state index in [2.05, 4.69) is 9.98 Å². The number of aromatic nitrogens is 1. The minimum absolute atomic E-state index is 0.0470. The van der Waals surface area contributed by atoms with Crippen LogP contribution in [0.1, 0.15) is 18.0 Å². The van der Waals surface area contributed by atoms with E-state index < -0.39 is 0 Å². The SMILES string of the molecule is COc1cccc(-c2cncc(C3CC(=O)N(C)C(N)=N3)c2)c1. The molecule has 2 N–H and O–H groups in total. The molecule has 1 amide bonds. The summed E-state index contributed by atoms with van der Waals surface area (Å²) in [6, 6.07) is 9.44. The van der Waals surface area contributed by atoms with Crippen molar-refractivity contribution in [3.63, 3.8) is 0 Å². The Morgan fingerprint density at radius 2 is 2.09 bits per heavy atom. The number of carbonyl (C=O) groups is 1. The van der Waals surface area contributed by atoms with E-state index in [4.69, 9.17) is 10.5 Å². The van der Waals surface area contributed by atoms with Crippen molar-refractivity contribution in [2.24, 2.45) is 10.7 Å². The molecule has 1 unspecified atom stereocenters. The first-order valence-corrected chi connectivity index (χ1v) is 7.27. The Labute approximate surface area is 134 Å². The van der Waals surface area contributed by atoms with Gasteiger partial charge in [-0.2, -0.15) is 0 Å². The van der Waals surface area contributed by atoms with Gasteiger partial charge in [0.1, 0.15) is 5.75 Å². The van der Waals surface area contributed by atoms with Crippen LogP contribution in [0.2, 0.25) is 0 Å². The van der Waals surface area contributed by atoms with Crippen molar-refractivity contribution in [1.82, 2.24) is 9.88 Å². The topological polar surface area (TPSA) is 80.8 Å². The molecule has 1 aliphatic rings. The van der Waals surface area contributed by atoms with Crippen molar-refractivity contribution in [3.8, 4) is 16.9 Å². The highest BCUT2D eigenvalue weighted by atomic mass is 16.5. The number of rotatable bonds is 3. The summed E-state index contributed by atoms with van der Waals surface area (Å²) in [6.07, 6.45) is 3.80. The van der Waals surface area contributed by atoms with Crippen LogP contribution in [0.3, 0.4) is 0 Å². The van der Waals surface area contributed by atoms with Gasteiger partial charge in [0.2, 0.25) is 5.91 Å². The second-order valence-electron chi connectivity index (χ2n) is 5.40.